The monoisotopic (exact) mass is 250 g/mol. The van der Waals surface area contributed by atoms with Crippen LogP contribution in [-0.2, 0) is 0 Å². The lowest BCUT2D eigenvalue weighted by atomic mass is 10.1. The van der Waals surface area contributed by atoms with Crippen molar-refractivity contribution in [1.29, 1.82) is 0 Å². The zero-order valence-electron chi connectivity index (χ0n) is 10.7. The fourth-order valence-corrected chi connectivity index (χ4v) is 2.68. The van der Waals surface area contributed by atoms with Crippen LogP contribution in [0.15, 0.2) is 29.2 Å². The molecule has 1 fully saturated rings. The minimum absolute atomic E-state index is 0.394. The maximum absolute atomic E-state index is 5.77. The predicted octanol–water partition coefficient (Wildman–Crippen LogP) is 3.34. The Morgan fingerprint density at radius 3 is 2.41 bits per heavy atom. The normalized spacial score (nSPS) is 17.2. The molecule has 94 valence electrons. The first kappa shape index (κ1) is 12.8. The summed E-state index contributed by atoms with van der Waals surface area (Å²) >= 11 is 1.90. The van der Waals surface area contributed by atoms with Gasteiger partial charge in [0, 0.05) is 22.4 Å². The first-order valence-corrected chi connectivity index (χ1v) is 7.22. The lowest BCUT2D eigenvalue weighted by molar-refractivity contribution is 0.556. The highest BCUT2D eigenvalue weighted by Gasteiger charge is 2.40. The lowest BCUT2D eigenvalue weighted by Crippen LogP contribution is -2.24. The molecule has 0 amide bonds. The third kappa shape index (κ3) is 3.65. The molecule has 1 aromatic carbocycles. The topological polar surface area (TPSA) is 38.0 Å². The molecule has 0 aliphatic heterocycles. The summed E-state index contributed by atoms with van der Waals surface area (Å²) in [5.74, 6) is 0. The lowest BCUT2D eigenvalue weighted by Gasteiger charge is -2.14. The summed E-state index contributed by atoms with van der Waals surface area (Å²) in [6.45, 7) is 6.26. The van der Waals surface area contributed by atoms with E-state index in [1.54, 1.807) is 0 Å². The second kappa shape index (κ2) is 5.32. The van der Waals surface area contributed by atoms with Gasteiger partial charge in [0.15, 0.2) is 0 Å². The van der Waals surface area contributed by atoms with Gasteiger partial charge in [-0.15, -0.1) is 11.8 Å². The van der Waals surface area contributed by atoms with E-state index >= 15 is 0 Å². The predicted molar refractivity (Wildman–Crippen MR) is 76.6 cm³/mol. The molecular weight excluding hydrogens is 228 g/mol. The van der Waals surface area contributed by atoms with Crippen molar-refractivity contribution in [3.05, 3.63) is 24.3 Å². The van der Waals surface area contributed by atoms with Gasteiger partial charge in [-0.05, 0) is 49.1 Å². The quantitative estimate of drug-likeness (QED) is 0.761. The summed E-state index contributed by atoms with van der Waals surface area (Å²) in [6.07, 6.45) is 2.55. The first-order valence-electron chi connectivity index (χ1n) is 6.34. The largest absolute Gasteiger partial charge is 0.384 e. The van der Waals surface area contributed by atoms with Crippen LogP contribution in [0.5, 0.6) is 0 Å². The van der Waals surface area contributed by atoms with E-state index < -0.39 is 0 Å². The third-order valence-corrected chi connectivity index (χ3v) is 4.30. The molecule has 1 aromatic rings. The van der Waals surface area contributed by atoms with Crippen LogP contribution in [0.25, 0.3) is 0 Å². The van der Waals surface area contributed by atoms with Crippen molar-refractivity contribution < 1.29 is 0 Å². The van der Waals surface area contributed by atoms with Crippen LogP contribution >= 0.6 is 11.8 Å². The average Bonchev–Trinajstić information content (AvgIpc) is 3.08. The zero-order chi connectivity index (χ0) is 12.3. The Kier molecular flexibility index (Phi) is 4.00. The fraction of sp³-hybridized carbons (Fsp3) is 0.571. The molecule has 0 saturated heterocycles. The summed E-state index contributed by atoms with van der Waals surface area (Å²) in [7, 11) is 0. The fourth-order valence-electron chi connectivity index (χ4n) is 1.84. The van der Waals surface area contributed by atoms with E-state index in [-0.39, 0.29) is 0 Å². The molecule has 1 aliphatic rings. The Morgan fingerprint density at radius 1 is 1.29 bits per heavy atom. The Balaban J connectivity index is 1.85. The summed E-state index contributed by atoms with van der Waals surface area (Å²) in [5, 5.41) is 4.13. The standard InChI is InChI=1S/C14H22N2S/c1-11(2)17-13-5-3-12(4-6-13)16-10-14(9-15)7-8-14/h3-6,11,16H,7-10,15H2,1-2H3. The summed E-state index contributed by atoms with van der Waals surface area (Å²) in [6, 6.07) is 8.71. The first-order chi connectivity index (χ1) is 8.13. The number of anilines is 1. The summed E-state index contributed by atoms with van der Waals surface area (Å²) in [5.41, 5.74) is 7.37. The van der Waals surface area contributed by atoms with Gasteiger partial charge in [-0.25, -0.2) is 0 Å². The van der Waals surface area contributed by atoms with E-state index in [0.717, 1.165) is 13.1 Å². The van der Waals surface area contributed by atoms with Gasteiger partial charge >= 0.3 is 0 Å². The maximum atomic E-state index is 5.77. The van der Waals surface area contributed by atoms with E-state index in [1.807, 2.05) is 11.8 Å². The zero-order valence-corrected chi connectivity index (χ0v) is 11.5. The molecule has 17 heavy (non-hydrogen) atoms. The molecule has 0 atom stereocenters. The molecule has 1 saturated carbocycles. The highest BCUT2D eigenvalue weighted by molar-refractivity contribution is 7.99. The molecule has 0 radical (unpaired) electrons. The van der Waals surface area contributed by atoms with Crippen LogP contribution in [0.3, 0.4) is 0 Å². The second-order valence-electron chi connectivity index (χ2n) is 5.25. The number of thioether (sulfide) groups is 1. The molecule has 0 bridgehead atoms. The van der Waals surface area contributed by atoms with E-state index in [1.165, 1.54) is 23.4 Å². The molecule has 0 spiro atoms. The van der Waals surface area contributed by atoms with Gasteiger partial charge in [-0.1, -0.05) is 13.8 Å². The summed E-state index contributed by atoms with van der Waals surface area (Å²) < 4.78 is 0. The Morgan fingerprint density at radius 2 is 1.94 bits per heavy atom. The Labute approximate surface area is 108 Å². The van der Waals surface area contributed by atoms with Crippen molar-refractivity contribution in [3.8, 4) is 0 Å². The number of nitrogens with one attached hydrogen (secondary N) is 1. The molecule has 0 unspecified atom stereocenters. The van der Waals surface area contributed by atoms with Gasteiger partial charge in [0.25, 0.3) is 0 Å². The molecular formula is C14H22N2S. The summed E-state index contributed by atoms with van der Waals surface area (Å²) in [4.78, 5) is 1.34. The van der Waals surface area contributed by atoms with Crippen molar-refractivity contribution in [1.82, 2.24) is 0 Å². The number of benzene rings is 1. The molecule has 3 heteroatoms. The van der Waals surface area contributed by atoms with Crippen molar-refractivity contribution in [3.63, 3.8) is 0 Å². The van der Waals surface area contributed by atoms with Crippen LogP contribution in [0.1, 0.15) is 26.7 Å². The van der Waals surface area contributed by atoms with Gasteiger partial charge in [0.2, 0.25) is 0 Å². The number of rotatable bonds is 6. The van der Waals surface area contributed by atoms with Gasteiger partial charge in [0.1, 0.15) is 0 Å². The van der Waals surface area contributed by atoms with Gasteiger partial charge < -0.3 is 11.1 Å². The van der Waals surface area contributed by atoms with Crippen molar-refractivity contribution in [2.75, 3.05) is 18.4 Å². The molecule has 1 aliphatic carbocycles. The Hall–Kier alpha value is -0.670. The van der Waals surface area contributed by atoms with Gasteiger partial charge in [-0.2, -0.15) is 0 Å². The third-order valence-electron chi connectivity index (χ3n) is 3.28. The van der Waals surface area contributed by atoms with Crippen LogP contribution in [0.4, 0.5) is 5.69 Å². The SMILES string of the molecule is CC(C)Sc1ccc(NCC2(CN)CC2)cc1. The van der Waals surface area contributed by atoms with Crippen LogP contribution in [-0.4, -0.2) is 18.3 Å². The molecule has 0 aromatic heterocycles. The molecule has 0 heterocycles. The maximum Gasteiger partial charge on any atom is 0.0341 e. The Bertz CT molecular complexity index is 355. The van der Waals surface area contributed by atoms with Crippen molar-refractivity contribution >= 4 is 17.4 Å². The molecule has 2 nitrogen and oxygen atoms in total. The van der Waals surface area contributed by atoms with Crippen LogP contribution < -0.4 is 11.1 Å². The van der Waals surface area contributed by atoms with E-state index in [4.69, 9.17) is 5.73 Å². The number of hydrogen-bond donors (Lipinski definition) is 2. The number of hydrogen-bond acceptors (Lipinski definition) is 3. The van der Waals surface area contributed by atoms with E-state index in [2.05, 4.69) is 43.4 Å². The van der Waals surface area contributed by atoms with Crippen LogP contribution in [0.2, 0.25) is 0 Å². The van der Waals surface area contributed by atoms with Crippen molar-refractivity contribution in [2.24, 2.45) is 11.1 Å². The number of nitrogens with two attached hydrogens (primary N) is 1. The van der Waals surface area contributed by atoms with Gasteiger partial charge in [0.05, 0.1) is 0 Å². The van der Waals surface area contributed by atoms with Crippen molar-refractivity contribution in [2.45, 2.75) is 36.8 Å². The molecule has 3 N–H and O–H groups in total. The molecule has 2 rings (SSSR count). The minimum atomic E-state index is 0.394. The second-order valence-corrected chi connectivity index (χ2v) is 6.90. The smallest absolute Gasteiger partial charge is 0.0341 e. The van der Waals surface area contributed by atoms with E-state index in [9.17, 15) is 0 Å². The highest BCUT2D eigenvalue weighted by Crippen LogP contribution is 2.44. The van der Waals surface area contributed by atoms with Gasteiger partial charge in [-0.3, -0.25) is 0 Å². The van der Waals surface area contributed by atoms with Crippen LogP contribution in [0, 0.1) is 5.41 Å². The average molecular weight is 250 g/mol. The highest BCUT2D eigenvalue weighted by atomic mass is 32.2. The minimum Gasteiger partial charge on any atom is -0.384 e. The van der Waals surface area contributed by atoms with E-state index in [0.29, 0.717) is 10.7 Å².